The van der Waals surface area contributed by atoms with Crippen molar-refractivity contribution in [2.75, 3.05) is 11.6 Å². The van der Waals surface area contributed by atoms with Gasteiger partial charge in [0.25, 0.3) is 0 Å². The lowest BCUT2D eigenvalue weighted by Gasteiger charge is -2.05. The molecule has 0 aromatic carbocycles. The molecule has 0 saturated heterocycles. The maximum atomic E-state index is 11.6. The van der Waals surface area contributed by atoms with Gasteiger partial charge >= 0.3 is 5.69 Å². The van der Waals surface area contributed by atoms with E-state index in [0.717, 1.165) is 29.4 Å². The summed E-state index contributed by atoms with van der Waals surface area (Å²) in [5, 5.41) is 18.3. The van der Waals surface area contributed by atoms with E-state index in [1.54, 1.807) is 29.0 Å². The Balaban J connectivity index is 1.92. The first-order chi connectivity index (χ1) is 10.9. The van der Waals surface area contributed by atoms with Crippen LogP contribution >= 0.6 is 11.3 Å². The van der Waals surface area contributed by atoms with Gasteiger partial charge in [-0.05, 0) is 6.07 Å². The molecule has 1 N–H and O–H groups in total. The van der Waals surface area contributed by atoms with Gasteiger partial charge in [-0.2, -0.15) is 5.10 Å². The number of thiophene rings is 1. The van der Waals surface area contributed by atoms with Crippen molar-refractivity contribution in [3.05, 3.63) is 46.4 Å². The number of anilines is 1. The van der Waals surface area contributed by atoms with Crippen molar-refractivity contribution >= 4 is 37.5 Å². The molecule has 3 heterocycles. The number of sulfone groups is 1. The highest BCUT2D eigenvalue weighted by atomic mass is 32.2. The van der Waals surface area contributed by atoms with Gasteiger partial charge in [-0.15, -0.1) is 0 Å². The molecule has 9 nitrogen and oxygen atoms in total. The first-order valence-electron chi connectivity index (χ1n) is 6.36. The lowest BCUT2D eigenvalue weighted by Crippen LogP contribution is -2.06. The summed E-state index contributed by atoms with van der Waals surface area (Å²) in [4.78, 5) is 14.6. The predicted molar refractivity (Wildman–Crippen MR) is 84.4 cm³/mol. The number of fused-ring (bicyclic) bond motifs is 1. The van der Waals surface area contributed by atoms with Gasteiger partial charge in [-0.25, -0.2) is 17.9 Å². The van der Waals surface area contributed by atoms with E-state index in [0.29, 0.717) is 5.65 Å². The Kier molecular flexibility index (Phi) is 3.74. The molecule has 0 spiro atoms. The Morgan fingerprint density at radius 3 is 2.87 bits per heavy atom. The van der Waals surface area contributed by atoms with E-state index < -0.39 is 14.8 Å². The average Bonchev–Trinajstić information content (AvgIpc) is 3.11. The molecule has 0 aliphatic carbocycles. The fourth-order valence-electron chi connectivity index (χ4n) is 1.99. The summed E-state index contributed by atoms with van der Waals surface area (Å²) >= 11 is 0.835. The topological polar surface area (TPSA) is 120 Å². The van der Waals surface area contributed by atoms with Crippen LogP contribution in [0.25, 0.3) is 5.65 Å². The number of nitrogens with one attached hydrogen (secondary N) is 1. The minimum Gasteiger partial charge on any atom is -0.366 e. The van der Waals surface area contributed by atoms with E-state index in [9.17, 15) is 18.5 Å². The van der Waals surface area contributed by atoms with Crippen LogP contribution in [0.2, 0.25) is 0 Å². The normalized spacial score (nSPS) is 11.7. The first kappa shape index (κ1) is 15.4. The lowest BCUT2D eigenvalue weighted by molar-refractivity contribution is -0.383. The van der Waals surface area contributed by atoms with Gasteiger partial charge < -0.3 is 5.32 Å². The Morgan fingerprint density at radius 1 is 1.39 bits per heavy atom. The van der Waals surface area contributed by atoms with E-state index >= 15 is 0 Å². The highest BCUT2D eigenvalue weighted by molar-refractivity contribution is 7.92. The Morgan fingerprint density at radius 2 is 2.17 bits per heavy atom. The van der Waals surface area contributed by atoms with E-state index in [1.165, 1.54) is 0 Å². The standard InChI is InChI=1S/C12H11N5O4S2/c1-23(20,21)11-6-9(17(18)19)12(22-11)14-7-8-2-4-13-10-3-5-15-16(8)10/h2-6,14H,7H2,1H3. The molecule has 0 unspecified atom stereocenters. The molecule has 3 aromatic heterocycles. The maximum absolute atomic E-state index is 11.6. The van der Waals surface area contributed by atoms with Crippen LogP contribution < -0.4 is 5.32 Å². The number of hydrogen-bond acceptors (Lipinski definition) is 8. The molecular weight excluding hydrogens is 342 g/mol. The van der Waals surface area contributed by atoms with Crippen molar-refractivity contribution in [2.45, 2.75) is 10.8 Å². The van der Waals surface area contributed by atoms with Crippen molar-refractivity contribution < 1.29 is 13.3 Å². The van der Waals surface area contributed by atoms with Gasteiger partial charge in [0.15, 0.2) is 20.5 Å². The third kappa shape index (κ3) is 3.00. The Bertz CT molecular complexity index is 992. The molecule has 0 radical (unpaired) electrons. The summed E-state index contributed by atoms with van der Waals surface area (Å²) in [6.45, 7) is 0.241. The zero-order valence-corrected chi connectivity index (χ0v) is 13.5. The molecule has 3 aromatic rings. The largest absolute Gasteiger partial charge is 0.366 e. The summed E-state index contributed by atoms with van der Waals surface area (Å²) in [7, 11) is -3.50. The molecule has 0 aliphatic heterocycles. The van der Waals surface area contributed by atoms with Crippen molar-refractivity contribution in [2.24, 2.45) is 0 Å². The minimum absolute atomic E-state index is 0.0503. The number of hydrogen-bond donors (Lipinski definition) is 1. The molecule has 0 atom stereocenters. The zero-order valence-electron chi connectivity index (χ0n) is 11.8. The van der Waals surface area contributed by atoms with Crippen LogP contribution in [-0.4, -0.2) is 34.2 Å². The highest BCUT2D eigenvalue weighted by Crippen LogP contribution is 2.37. The van der Waals surface area contributed by atoms with Gasteiger partial charge in [-0.3, -0.25) is 10.1 Å². The van der Waals surface area contributed by atoms with Crippen molar-refractivity contribution in [3.8, 4) is 0 Å². The van der Waals surface area contributed by atoms with Gasteiger partial charge in [0.1, 0.15) is 4.21 Å². The van der Waals surface area contributed by atoms with Crippen LogP contribution in [-0.2, 0) is 16.4 Å². The van der Waals surface area contributed by atoms with Gasteiger partial charge in [-0.1, -0.05) is 11.3 Å². The second kappa shape index (κ2) is 5.59. The SMILES string of the molecule is CS(=O)(=O)c1cc([N+](=O)[O-])c(NCc2ccnc3ccnn23)s1. The third-order valence-corrected chi connectivity index (χ3v) is 5.93. The molecule has 0 bridgehead atoms. The quantitative estimate of drug-likeness (QED) is 0.547. The molecule has 0 amide bonds. The Hall–Kier alpha value is -2.53. The average molecular weight is 353 g/mol. The van der Waals surface area contributed by atoms with Gasteiger partial charge in [0.2, 0.25) is 0 Å². The van der Waals surface area contributed by atoms with E-state index in [1.807, 2.05) is 0 Å². The van der Waals surface area contributed by atoms with Crippen LogP contribution in [0.3, 0.4) is 0 Å². The monoisotopic (exact) mass is 353 g/mol. The summed E-state index contributed by atoms with van der Waals surface area (Å²) < 4.78 is 24.7. The minimum atomic E-state index is -3.50. The second-order valence-electron chi connectivity index (χ2n) is 4.70. The number of aromatic nitrogens is 3. The van der Waals surface area contributed by atoms with Crippen molar-refractivity contribution in [1.29, 1.82) is 0 Å². The summed E-state index contributed by atoms with van der Waals surface area (Å²) in [6, 6.07) is 4.53. The molecule has 23 heavy (non-hydrogen) atoms. The van der Waals surface area contributed by atoms with Crippen LogP contribution in [0.4, 0.5) is 10.7 Å². The van der Waals surface area contributed by atoms with Gasteiger partial charge in [0, 0.05) is 24.6 Å². The zero-order chi connectivity index (χ0) is 16.6. The number of nitrogens with zero attached hydrogens (tertiary/aromatic N) is 4. The lowest BCUT2D eigenvalue weighted by atomic mass is 10.4. The van der Waals surface area contributed by atoms with Crippen LogP contribution in [0.5, 0.6) is 0 Å². The van der Waals surface area contributed by atoms with Crippen molar-refractivity contribution in [1.82, 2.24) is 14.6 Å². The number of nitro groups is 1. The third-order valence-electron chi connectivity index (χ3n) is 3.05. The van der Waals surface area contributed by atoms with E-state index in [2.05, 4.69) is 15.4 Å². The van der Waals surface area contributed by atoms with E-state index in [4.69, 9.17) is 0 Å². The molecule has 0 saturated carbocycles. The smallest absolute Gasteiger partial charge is 0.304 e. The number of rotatable bonds is 5. The van der Waals surface area contributed by atoms with E-state index in [-0.39, 0.29) is 21.4 Å². The van der Waals surface area contributed by atoms with Crippen LogP contribution in [0.15, 0.2) is 34.8 Å². The van der Waals surface area contributed by atoms with Crippen LogP contribution in [0, 0.1) is 10.1 Å². The first-order valence-corrected chi connectivity index (χ1v) is 9.07. The molecule has 0 fully saturated rings. The molecule has 120 valence electrons. The maximum Gasteiger partial charge on any atom is 0.304 e. The van der Waals surface area contributed by atoms with Gasteiger partial charge in [0.05, 0.1) is 23.4 Å². The van der Waals surface area contributed by atoms with Crippen molar-refractivity contribution in [3.63, 3.8) is 0 Å². The molecular formula is C12H11N5O4S2. The second-order valence-corrected chi connectivity index (χ2v) is 7.99. The van der Waals surface area contributed by atoms with Crippen LogP contribution in [0.1, 0.15) is 5.69 Å². The highest BCUT2D eigenvalue weighted by Gasteiger charge is 2.23. The predicted octanol–water partition coefficient (Wildman–Crippen LogP) is 1.71. The summed E-state index contributed by atoms with van der Waals surface area (Å²) in [6.07, 6.45) is 4.22. The Labute approximate surface area is 134 Å². The summed E-state index contributed by atoms with van der Waals surface area (Å²) in [5.74, 6) is 0. The summed E-state index contributed by atoms with van der Waals surface area (Å²) in [5.41, 5.74) is 1.13. The fraction of sp³-hybridized carbons (Fsp3) is 0.167. The molecule has 0 aliphatic rings. The molecule has 11 heteroatoms. The molecule has 3 rings (SSSR count). The fourth-order valence-corrected chi connectivity index (χ4v) is 3.93.